The lowest BCUT2D eigenvalue weighted by molar-refractivity contribution is 0.499. The Hall–Kier alpha value is -2.36. The van der Waals surface area contributed by atoms with Crippen LogP contribution in [0.5, 0.6) is 0 Å². The summed E-state index contributed by atoms with van der Waals surface area (Å²) in [5.41, 5.74) is 4.90. The van der Waals surface area contributed by atoms with Gasteiger partial charge < -0.3 is 15.2 Å². The molecule has 0 bridgehead atoms. The van der Waals surface area contributed by atoms with E-state index in [1.165, 1.54) is 16.8 Å². The summed E-state index contributed by atoms with van der Waals surface area (Å²) >= 11 is 0. The smallest absolute Gasteiger partial charge is 0.191 e. The number of rotatable bonds is 5. The van der Waals surface area contributed by atoms with E-state index in [1.807, 2.05) is 24.1 Å². The van der Waals surface area contributed by atoms with Gasteiger partial charge in [-0.15, -0.1) is 24.0 Å². The van der Waals surface area contributed by atoms with Crippen molar-refractivity contribution in [2.45, 2.75) is 51.7 Å². The summed E-state index contributed by atoms with van der Waals surface area (Å²) in [5.74, 6) is 0.828. The summed E-state index contributed by atoms with van der Waals surface area (Å²) in [6.45, 7) is 5.05. The normalized spacial score (nSPS) is 16.1. The molecule has 1 aliphatic rings. The fourth-order valence-corrected chi connectivity index (χ4v) is 3.71. The van der Waals surface area contributed by atoms with Crippen LogP contribution in [0.4, 0.5) is 0 Å². The molecule has 7 nitrogen and oxygen atoms in total. The minimum atomic E-state index is 0. The lowest BCUT2D eigenvalue weighted by Crippen LogP contribution is -2.45. The molecule has 0 aliphatic heterocycles. The Kier molecular flexibility index (Phi) is 7.52. The zero-order chi connectivity index (χ0) is 20.2. The van der Waals surface area contributed by atoms with Crippen molar-refractivity contribution >= 4 is 29.9 Å². The Balaban J connectivity index is 0.00000256. The standard InChI is InChI=1S/C22H29N7.HI/c1-16(2)29-14-18-7-8-19(12-21(18)27-29)26-22(23-3)25-13-17-5-4-6-20(11-17)28-10-9-24-15-28;/h4-6,9-11,14-16,19H,7-8,12-13H2,1-3H3,(H2,23,25,26);1H. The van der Waals surface area contributed by atoms with E-state index in [0.29, 0.717) is 18.6 Å². The summed E-state index contributed by atoms with van der Waals surface area (Å²) in [4.78, 5) is 8.53. The average molecular weight is 519 g/mol. The molecular formula is C22H30IN7. The number of aryl methyl sites for hydroxylation is 1. The van der Waals surface area contributed by atoms with Crippen molar-refractivity contribution in [1.82, 2.24) is 30.0 Å². The number of hydrogen-bond acceptors (Lipinski definition) is 3. The van der Waals surface area contributed by atoms with E-state index in [9.17, 15) is 0 Å². The molecule has 0 amide bonds. The van der Waals surface area contributed by atoms with Crippen molar-refractivity contribution in [3.05, 3.63) is 66.0 Å². The van der Waals surface area contributed by atoms with Crippen molar-refractivity contribution in [3.8, 4) is 5.69 Å². The SMILES string of the molecule is CN=C(NCc1cccc(-n2ccnc2)c1)NC1CCc2cn(C(C)C)nc2C1.I. The third-order valence-electron chi connectivity index (χ3n) is 5.36. The van der Waals surface area contributed by atoms with Crippen molar-refractivity contribution in [1.29, 1.82) is 0 Å². The van der Waals surface area contributed by atoms with Crippen molar-refractivity contribution < 1.29 is 0 Å². The van der Waals surface area contributed by atoms with Gasteiger partial charge in [-0.05, 0) is 49.9 Å². The largest absolute Gasteiger partial charge is 0.353 e. The maximum atomic E-state index is 4.77. The van der Waals surface area contributed by atoms with E-state index < -0.39 is 0 Å². The van der Waals surface area contributed by atoms with E-state index in [1.54, 1.807) is 6.20 Å². The molecule has 2 aromatic heterocycles. The van der Waals surface area contributed by atoms with Crippen LogP contribution in [0.2, 0.25) is 0 Å². The first kappa shape index (κ1) is 22.3. The molecule has 0 saturated carbocycles. The quantitative estimate of drug-likeness (QED) is 0.308. The van der Waals surface area contributed by atoms with Gasteiger partial charge in [0.15, 0.2) is 5.96 Å². The molecule has 2 heterocycles. The summed E-state index contributed by atoms with van der Waals surface area (Å²) in [6.07, 6.45) is 10.8. The zero-order valence-electron chi connectivity index (χ0n) is 17.7. The van der Waals surface area contributed by atoms with Gasteiger partial charge in [-0.3, -0.25) is 9.67 Å². The van der Waals surface area contributed by atoms with E-state index in [4.69, 9.17) is 5.10 Å². The molecule has 2 N–H and O–H groups in total. The molecule has 4 rings (SSSR count). The Morgan fingerprint density at radius 2 is 2.20 bits per heavy atom. The second-order valence-corrected chi connectivity index (χ2v) is 7.82. The van der Waals surface area contributed by atoms with Gasteiger partial charge >= 0.3 is 0 Å². The lowest BCUT2D eigenvalue weighted by Gasteiger charge is -2.24. The maximum Gasteiger partial charge on any atom is 0.191 e. The van der Waals surface area contributed by atoms with Gasteiger partial charge in [-0.2, -0.15) is 5.10 Å². The molecule has 1 unspecified atom stereocenters. The highest BCUT2D eigenvalue weighted by molar-refractivity contribution is 14.0. The predicted molar refractivity (Wildman–Crippen MR) is 131 cm³/mol. The fourth-order valence-electron chi connectivity index (χ4n) is 3.71. The first-order chi connectivity index (χ1) is 14.1. The van der Waals surface area contributed by atoms with Gasteiger partial charge in [0.25, 0.3) is 0 Å². The van der Waals surface area contributed by atoms with Crippen molar-refractivity contribution in [2.24, 2.45) is 4.99 Å². The Morgan fingerprint density at radius 1 is 1.33 bits per heavy atom. The number of nitrogens with zero attached hydrogens (tertiary/aromatic N) is 5. The number of guanidine groups is 1. The number of fused-ring (bicyclic) bond motifs is 1. The number of benzene rings is 1. The van der Waals surface area contributed by atoms with Crippen LogP contribution in [-0.2, 0) is 19.4 Å². The number of halogens is 1. The topological polar surface area (TPSA) is 72.1 Å². The zero-order valence-corrected chi connectivity index (χ0v) is 20.1. The van der Waals surface area contributed by atoms with Gasteiger partial charge in [-0.1, -0.05) is 12.1 Å². The van der Waals surface area contributed by atoms with Crippen LogP contribution < -0.4 is 10.6 Å². The van der Waals surface area contributed by atoms with Gasteiger partial charge in [0.2, 0.25) is 0 Å². The monoisotopic (exact) mass is 519 g/mol. The van der Waals surface area contributed by atoms with Crippen LogP contribution >= 0.6 is 24.0 Å². The second-order valence-electron chi connectivity index (χ2n) is 7.82. The van der Waals surface area contributed by atoms with E-state index in [-0.39, 0.29) is 24.0 Å². The number of hydrogen-bond donors (Lipinski definition) is 2. The van der Waals surface area contributed by atoms with E-state index in [2.05, 4.69) is 69.6 Å². The van der Waals surface area contributed by atoms with Gasteiger partial charge in [0, 0.05) is 56.4 Å². The lowest BCUT2D eigenvalue weighted by atomic mass is 9.94. The van der Waals surface area contributed by atoms with Crippen molar-refractivity contribution in [3.63, 3.8) is 0 Å². The number of nitrogens with one attached hydrogen (secondary N) is 2. The summed E-state index contributed by atoms with van der Waals surface area (Å²) < 4.78 is 4.08. The Morgan fingerprint density at radius 3 is 2.93 bits per heavy atom. The Labute approximate surface area is 195 Å². The third-order valence-corrected chi connectivity index (χ3v) is 5.36. The molecule has 1 aromatic carbocycles. The van der Waals surface area contributed by atoms with Crippen LogP contribution in [-0.4, -0.2) is 38.4 Å². The van der Waals surface area contributed by atoms with E-state index in [0.717, 1.165) is 30.9 Å². The van der Waals surface area contributed by atoms with Gasteiger partial charge in [0.1, 0.15) is 0 Å². The van der Waals surface area contributed by atoms with E-state index >= 15 is 0 Å². The predicted octanol–water partition coefficient (Wildman–Crippen LogP) is 3.49. The second kappa shape index (κ2) is 10.1. The molecule has 0 radical (unpaired) electrons. The van der Waals surface area contributed by atoms with Crippen LogP contribution in [0.3, 0.4) is 0 Å². The molecule has 3 aromatic rings. The van der Waals surface area contributed by atoms with Crippen LogP contribution in [0.25, 0.3) is 5.69 Å². The first-order valence-corrected chi connectivity index (χ1v) is 10.2. The molecule has 1 aliphatic carbocycles. The molecule has 8 heteroatoms. The van der Waals surface area contributed by atoms with Crippen LogP contribution in [0.1, 0.15) is 43.1 Å². The highest BCUT2D eigenvalue weighted by atomic mass is 127. The van der Waals surface area contributed by atoms with Crippen LogP contribution in [0, 0.1) is 0 Å². The summed E-state index contributed by atoms with van der Waals surface area (Å²) in [7, 11) is 1.82. The van der Waals surface area contributed by atoms with Gasteiger partial charge in [0.05, 0.1) is 12.0 Å². The summed E-state index contributed by atoms with van der Waals surface area (Å²) in [5, 5.41) is 11.8. The number of imidazole rings is 1. The third kappa shape index (κ3) is 5.21. The highest BCUT2D eigenvalue weighted by Crippen LogP contribution is 2.21. The molecule has 0 spiro atoms. The molecule has 0 saturated heterocycles. The number of aliphatic imine (C=N–C) groups is 1. The molecule has 0 fully saturated rings. The van der Waals surface area contributed by atoms with Gasteiger partial charge in [-0.25, -0.2) is 4.98 Å². The van der Waals surface area contributed by atoms with Crippen LogP contribution in [0.15, 0.2) is 54.2 Å². The summed E-state index contributed by atoms with van der Waals surface area (Å²) in [6, 6.07) is 9.17. The fraction of sp³-hybridized carbons (Fsp3) is 0.409. The molecule has 1 atom stereocenters. The number of aromatic nitrogens is 4. The highest BCUT2D eigenvalue weighted by Gasteiger charge is 2.23. The Bertz CT molecular complexity index is 975. The minimum absolute atomic E-state index is 0. The molecule has 160 valence electrons. The molecule has 30 heavy (non-hydrogen) atoms. The minimum Gasteiger partial charge on any atom is -0.353 e. The average Bonchev–Trinajstić information content (AvgIpc) is 3.41. The molecular weight excluding hydrogens is 489 g/mol. The first-order valence-electron chi connectivity index (χ1n) is 10.2. The van der Waals surface area contributed by atoms with Crippen molar-refractivity contribution in [2.75, 3.05) is 7.05 Å². The maximum absolute atomic E-state index is 4.77.